The van der Waals surface area contributed by atoms with Crippen LogP contribution in [0.4, 0.5) is 11.4 Å². The van der Waals surface area contributed by atoms with Gasteiger partial charge in [0.05, 0.1) is 0 Å². The van der Waals surface area contributed by atoms with Gasteiger partial charge in [0.25, 0.3) is 11.8 Å². The third-order valence-electron chi connectivity index (χ3n) is 4.89. The summed E-state index contributed by atoms with van der Waals surface area (Å²) in [6, 6.07) is 17.9. The molecule has 0 aromatic heterocycles. The van der Waals surface area contributed by atoms with Gasteiger partial charge >= 0.3 is 0 Å². The van der Waals surface area contributed by atoms with Crippen LogP contribution in [-0.4, -0.2) is 32.2 Å². The molecule has 0 fully saturated rings. The maximum Gasteiger partial charge on any atom is 0.255 e. The minimum Gasteiger partial charge on any atom is -0.504 e. The minimum atomic E-state index is -0.484. The first kappa shape index (κ1) is 20.5. The van der Waals surface area contributed by atoms with Gasteiger partial charge < -0.3 is 31.1 Å². The van der Waals surface area contributed by atoms with Crippen molar-refractivity contribution in [3.8, 4) is 23.0 Å². The smallest absolute Gasteiger partial charge is 0.255 e. The van der Waals surface area contributed by atoms with E-state index in [0.29, 0.717) is 22.1 Å². The van der Waals surface area contributed by atoms with Gasteiger partial charge in [0, 0.05) is 33.3 Å². The maximum atomic E-state index is 12.6. The molecule has 0 aliphatic rings. The van der Waals surface area contributed by atoms with Crippen LogP contribution in [0.25, 0.3) is 10.8 Å². The summed E-state index contributed by atoms with van der Waals surface area (Å²) in [5, 5.41) is 45.0. The Balaban J connectivity index is 1.63. The molecule has 8 heteroatoms. The van der Waals surface area contributed by atoms with Crippen LogP contribution in [-0.2, 0) is 0 Å². The van der Waals surface area contributed by atoms with Crippen LogP contribution in [0.3, 0.4) is 0 Å². The number of benzene rings is 4. The molecule has 0 unspecified atom stereocenters. The van der Waals surface area contributed by atoms with E-state index in [0.717, 1.165) is 12.1 Å². The van der Waals surface area contributed by atoms with Gasteiger partial charge in [-0.2, -0.15) is 0 Å². The fraction of sp³-hybridized carbons (Fsp3) is 0. The van der Waals surface area contributed by atoms with Crippen LogP contribution < -0.4 is 10.6 Å². The van der Waals surface area contributed by atoms with Crippen molar-refractivity contribution in [1.82, 2.24) is 0 Å². The Labute approximate surface area is 182 Å². The molecule has 4 aromatic rings. The zero-order valence-corrected chi connectivity index (χ0v) is 16.5. The number of aromatic hydroxyl groups is 4. The summed E-state index contributed by atoms with van der Waals surface area (Å²) < 4.78 is 0. The molecule has 0 atom stereocenters. The molecular formula is C24H18N2O6. The van der Waals surface area contributed by atoms with Crippen LogP contribution in [0.2, 0.25) is 0 Å². The van der Waals surface area contributed by atoms with Crippen LogP contribution in [0.1, 0.15) is 20.7 Å². The van der Waals surface area contributed by atoms with Crippen LogP contribution in [0, 0.1) is 0 Å². The van der Waals surface area contributed by atoms with Gasteiger partial charge in [-0.1, -0.05) is 24.3 Å². The lowest BCUT2D eigenvalue weighted by molar-refractivity contribution is 0.101. The third kappa shape index (κ3) is 3.97. The maximum absolute atomic E-state index is 12.6. The lowest BCUT2D eigenvalue weighted by atomic mass is 10.1. The highest BCUT2D eigenvalue weighted by Gasteiger charge is 2.14. The highest BCUT2D eigenvalue weighted by atomic mass is 16.3. The number of phenolic OH excluding ortho intramolecular Hbond substituents is 4. The van der Waals surface area contributed by atoms with Crippen LogP contribution in [0.5, 0.6) is 23.0 Å². The molecule has 4 rings (SSSR count). The molecule has 2 amide bonds. The molecule has 0 aliphatic heterocycles. The summed E-state index contributed by atoms with van der Waals surface area (Å²) in [6.45, 7) is 0. The number of phenols is 4. The van der Waals surface area contributed by atoms with E-state index in [-0.39, 0.29) is 22.6 Å². The van der Waals surface area contributed by atoms with Gasteiger partial charge in [-0.15, -0.1) is 0 Å². The monoisotopic (exact) mass is 430 g/mol. The lowest BCUT2D eigenvalue weighted by Gasteiger charge is -2.13. The second kappa shape index (κ2) is 8.19. The van der Waals surface area contributed by atoms with Crippen molar-refractivity contribution in [2.45, 2.75) is 0 Å². The van der Waals surface area contributed by atoms with Crippen molar-refractivity contribution >= 4 is 34.0 Å². The van der Waals surface area contributed by atoms with Gasteiger partial charge in [-0.25, -0.2) is 0 Å². The molecule has 6 N–H and O–H groups in total. The molecule has 0 bridgehead atoms. The summed E-state index contributed by atoms with van der Waals surface area (Å²) in [7, 11) is 0. The van der Waals surface area contributed by atoms with E-state index in [9.17, 15) is 30.0 Å². The molecule has 0 saturated carbocycles. The Morgan fingerprint density at radius 2 is 0.938 bits per heavy atom. The van der Waals surface area contributed by atoms with Crippen molar-refractivity contribution in [3.05, 3.63) is 83.9 Å². The molecule has 0 spiro atoms. The van der Waals surface area contributed by atoms with Gasteiger partial charge in [0.2, 0.25) is 0 Å². The predicted octanol–water partition coefficient (Wildman–Crippen LogP) is 4.17. The number of carbonyl (C=O) groups excluding carboxylic acids is 2. The van der Waals surface area contributed by atoms with Crippen LogP contribution >= 0.6 is 0 Å². The number of anilines is 2. The van der Waals surface area contributed by atoms with E-state index in [2.05, 4.69) is 10.6 Å². The molecule has 160 valence electrons. The van der Waals surface area contributed by atoms with Crippen molar-refractivity contribution in [2.24, 2.45) is 0 Å². The Hall–Kier alpha value is -4.72. The van der Waals surface area contributed by atoms with Crippen LogP contribution in [0.15, 0.2) is 72.8 Å². The summed E-state index contributed by atoms with van der Waals surface area (Å²) in [4.78, 5) is 25.2. The summed E-state index contributed by atoms with van der Waals surface area (Å²) in [5.74, 6) is -2.42. The van der Waals surface area contributed by atoms with E-state index in [4.69, 9.17) is 0 Å². The number of amides is 2. The number of nitrogens with one attached hydrogen (secondary N) is 2. The predicted molar refractivity (Wildman–Crippen MR) is 119 cm³/mol. The van der Waals surface area contributed by atoms with Crippen molar-refractivity contribution in [2.75, 3.05) is 10.6 Å². The van der Waals surface area contributed by atoms with Crippen molar-refractivity contribution in [3.63, 3.8) is 0 Å². The molecule has 8 nitrogen and oxygen atoms in total. The van der Waals surface area contributed by atoms with Gasteiger partial charge in [0.15, 0.2) is 23.0 Å². The van der Waals surface area contributed by atoms with Gasteiger partial charge in [0.1, 0.15) is 0 Å². The molecule has 0 aliphatic carbocycles. The third-order valence-corrected chi connectivity index (χ3v) is 4.89. The second-order valence-corrected chi connectivity index (χ2v) is 7.02. The first-order chi connectivity index (χ1) is 15.3. The fourth-order valence-corrected chi connectivity index (χ4v) is 3.25. The summed E-state index contributed by atoms with van der Waals surface area (Å²) in [6.07, 6.45) is 0. The highest BCUT2D eigenvalue weighted by Crippen LogP contribution is 2.31. The largest absolute Gasteiger partial charge is 0.504 e. The highest BCUT2D eigenvalue weighted by molar-refractivity contribution is 6.14. The summed E-state index contributed by atoms with van der Waals surface area (Å²) >= 11 is 0. The van der Waals surface area contributed by atoms with E-state index >= 15 is 0 Å². The molecule has 0 radical (unpaired) electrons. The second-order valence-electron chi connectivity index (χ2n) is 7.02. The Morgan fingerprint density at radius 1 is 0.531 bits per heavy atom. The Bertz CT molecular complexity index is 1260. The topological polar surface area (TPSA) is 139 Å². The fourth-order valence-electron chi connectivity index (χ4n) is 3.25. The zero-order chi connectivity index (χ0) is 22.8. The van der Waals surface area contributed by atoms with Gasteiger partial charge in [-0.05, 0) is 48.5 Å². The molecular weight excluding hydrogens is 412 g/mol. The number of rotatable bonds is 4. The van der Waals surface area contributed by atoms with Crippen molar-refractivity contribution in [1.29, 1.82) is 0 Å². The Kier molecular flexibility index (Phi) is 5.26. The molecule has 32 heavy (non-hydrogen) atoms. The number of hydrogen-bond donors (Lipinski definition) is 6. The lowest BCUT2D eigenvalue weighted by Crippen LogP contribution is -2.13. The number of carbonyl (C=O) groups is 2. The minimum absolute atomic E-state index is 0.161. The van der Waals surface area contributed by atoms with E-state index in [1.54, 1.807) is 36.4 Å². The normalized spacial score (nSPS) is 10.6. The SMILES string of the molecule is O=C(Nc1cccc2c(NC(=O)c3ccc(O)c(O)c3)cccc12)c1ccc(O)c(O)c1. The standard InChI is InChI=1S/C24H18N2O6/c27-19-9-7-13(11-21(19)29)23(31)25-17-5-1-3-15-16(17)4-2-6-18(15)26-24(32)14-8-10-20(28)22(30)12-14/h1-12,27-30H,(H,25,31)(H,26,32). The molecule has 4 aromatic carbocycles. The number of fused-ring (bicyclic) bond motifs is 1. The Morgan fingerprint density at radius 3 is 1.31 bits per heavy atom. The first-order valence-electron chi connectivity index (χ1n) is 9.52. The molecule has 0 saturated heterocycles. The molecule has 0 heterocycles. The zero-order valence-electron chi connectivity index (χ0n) is 16.5. The van der Waals surface area contributed by atoms with Crippen molar-refractivity contribution < 1.29 is 30.0 Å². The quantitative estimate of drug-likeness (QED) is 0.269. The van der Waals surface area contributed by atoms with E-state index in [1.165, 1.54) is 24.3 Å². The average molecular weight is 430 g/mol. The average Bonchev–Trinajstić information content (AvgIpc) is 2.78. The number of hydrogen-bond acceptors (Lipinski definition) is 6. The summed E-state index contributed by atoms with van der Waals surface area (Å²) in [5.41, 5.74) is 1.29. The van der Waals surface area contributed by atoms with Gasteiger partial charge in [-0.3, -0.25) is 9.59 Å². The van der Waals surface area contributed by atoms with E-state index < -0.39 is 23.3 Å². The first-order valence-corrected chi connectivity index (χ1v) is 9.52. The van der Waals surface area contributed by atoms with E-state index in [1.807, 2.05) is 0 Å².